The lowest BCUT2D eigenvalue weighted by atomic mass is 9.55. The van der Waals surface area contributed by atoms with E-state index in [1.165, 1.54) is 96.3 Å². The number of ether oxygens (including phenoxy) is 1. The van der Waals surface area contributed by atoms with Crippen molar-refractivity contribution in [3.8, 4) is 0 Å². The van der Waals surface area contributed by atoms with Crippen molar-refractivity contribution >= 4 is 0 Å². The topological polar surface area (TPSA) is 29.5 Å². The number of hydrogen-bond acceptors (Lipinski definition) is 2. The number of aliphatic hydroxyl groups excluding tert-OH is 1. The fourth-order valence-corrected chi connectivity index (χ4v) is 9.85. The molecule has 2 heteroatoms. The summed E-state index contributed by atoms with van der Waals surface area (Å²) in [6.07, 6.45) is 25.0. The lowest BCUT2D eigenvalue weighted by Gasteiger charge is -2.58. The van der Waals surface area contributed by atoms with Crippen LogP contribution in [0.4, 0.5) is 0 Å². The van der Waals surface area contributed by atoms with Gasteiger partial charge in [-0.25, -0.2) is 0 Å². The van der Waals surface area contributed by atoms with E-state index in [4.69, 9.17) is 4.74 Å². The second-order valence-corrected chi connectivity index (χ2v) is 12.6. The number of fused-ring (bicyclic) bond motifs is 6. The molecule has 1 heterocycles. The Labute approximate surface area is 184 Å². The van der Waals surface area contributed by atoms with Crippen molar-refractivity contribution in [1.82, 2.24) is 0 Å². The van der Waals surface area contributed by atoms with Gasteiger partial charge in [-0.1, -0.05) is 44.9 Å². The molecule has 0 spiro atoms. The summed E-state index contributed by atoms with van der Waals surface area (Å²) in [7, 11) is 0. The molecule has 1 aliphatic heterocycles. The highest BCUT2D eigenvalue weighted by atomic mass is 16.5. The zero-order valence-corrected chi connectivity index (χ0v) is 19.2. The average Bonchev–Trinajstić information content (AvgIpc) is 2.78. The lowest BCUT2D eigenvalue weighted by molar-refractivity contribution is -0.216. The maximum Gasteiger partial charge on any atom is 0.0638 e. The van der Waals surface area contributed by atoms with Gasteiger partial charge >= 0.3 is 0 Å². The molecular formula is C28H46O2. The maximum absolute atomic E-state index is 10.2. The largest absolute Gasteiger partial charge is 0.393 e. The molecule has 170 valence electrons. The monoisotopic (exact) mass is 414 g/mol. The molecule has 5 aliphatic carbocycles. The van der Waals surface area contributed by atoms with Crippen molar-refractivity contribution in [2.75, 3.05) is 0 Å². The predicted molar refractivity (Wildman–Crippen MR) is 121 cm³/mol. The van der Waals surface area contributed by atoms with Crippen molar-refractivity contribution in [3.63, 3.8) is 0 Å². The van der Waals surface area contributed by atoms with Crippen molar-refractivity contribution < 1.29 is 9.84 Å². The summed E-state index contributed by atoms with van der Waals surface area (Å²) >= 11 is 0. The van der Waals surface area contributed by atoms with Crippen molar-refractivity contribution in [1.29, 1.82) is 0 Å². The van der Waals surface area contributed by atoms with Crippen LogP contribution >= 0.6 is 0 Å². The van der Waals surface area contributed by atoms with E-state index in [9.17, 15) is 5.11 Å². The minimum Gasteiger partial charge on any atom is -0.393 e. The fourth-order valence-electron chi connectivity index (χ4n) is 9.85. The van der Waals surface area contributed by atoms with Gasteiger partial charge < -0.3 is 9.84 Å². The molecule has 0 aromatic carbocycles. The van der Waals surface area contributed by atoms with E-state index in [1.54, 1.807) is 0 Å². The van der Waals surface area contributed by atoms with Gasteiger partial charge in [-0.3, -0.25) is 0 Å². The number of hydrogen-bond donors (Lipinski definition) is 1. The third-order valence-corrected chi connectivity index (χ3v) is 11.0. The molecule has 0 aromatic rings. The Kier molecular flexibility index (Phi) is 5.95. The zero-order chi connectivity index (χ0) is 20.1. The number of rotatable bonds is 2. The number of aliphatic hydroxyl groups is 1. The van der Waals surface area contributed by atoms with Gasteiger partial charge in [-0.05, 0) is 112 Å². The fraction of sp³-hybridized carbons (Fsp3) is 1.00. The van der Waals surface area contributed by atoms with E-state index in [0.29, 0.717) is 12.2 Å². The second kappa shape index (κ2) is 8.69. The van der Waals surface area contributed by atoms with Crippen molar-refractivity contribution in [2.24, 2.45) is 47.3 Å². The molecule has 2 nitrogen and oxygen atoms in total. The van der Waals surface area contributed by atoms with Crippen LogP contribution in [0.3, 0.4) is 0 Å². The molecule has 1 N–H and O–H groups in total. The third-order valence-electron chi connectivity index (χ3n) is 11.0. The van der Waals surface area contributed by atoms with E-state index < -0.39 is 0 Å². The summed E-state index contributed by atoms with van der Waals surface area (Å²) in [6.45, 7) is 0. The van der Waals surface area contributed by atoms with Crippen LogP contribution in [0.2, 0.25) is 0 Å². The summed E-state index contributed by atoms with van der Waals surface area (Å²) in [5.74, 6) is 7.15. The van der Waals surface area contributed by atoms with E-state index >= 15 is 0 Å². The summed E-state index contributed by atoms with van der Waals surface area (Å²) in [5, 5.41) is 10.2. The minimum absolute atomic E-state index is 0.00769. The van der Waals surface area contributed by atoms with Gasteiger partial charge in [0.25, 0.3) is 0 Å². The standard InChI is InChI=1S/C28H46O2/c29-23-8-5-6-18(15-23)14-21-17-22-16-20-13-12-19-7-1-2-10-25(19)27(20)30-28(22)26-11-4-3-9-24(21)26/h18-29H,1-17H2. The van der Waals surface area contributed by atoms with Crippen LogP contribution in [-0.4, -0.2) is 23.4 Å². The summed E-state index contributed by atoms with van der Waals surface area (Å²) in [5.41, 5.74) is 0. The van der Waals surface area contributed by atoms with E-state index in [1.807, 2.05) is 0 Å². The van der Waals surface area contributed by atoms with Gasteiger partial charge in [0, 0.05) is 0 Å². The highest BCUT2D eigenvalue weighted by Crippen LogP contribution is 2.57. The molecule has 0 bridgehead atoms. The van der Waals surface area contributed by atoms with E-state index in [2.05, 4.69) is 0 Å². The molecule has 0 amide bonds. The van der Waals surface area contributed by atoms with Gasteiger partial charge in [0.1, 0.15) is 0 Å². The molecular weight excluding hydrogens is 368 g/mol. The Morgan fingerprint density at radius 2 is 1.30 bits per heavy atom. The molecule has 6 fully saturated rings. The normalized spacial score (nSPS) is 53.7. The van der Waals surface area contributed by atoms with Gasteiger partial charge in [-0.2, -0.15) is 0 Å². The Bertz CT molecular complexity index is 589. The molecule has 30 heavy (non-hydrogen) atoms. The van der Waals surface area contributed by atoms with Crippen LogP contribution in [0.25, 0.3) is 0 Å². The van der Waals surface area contributed by atoms with E-state index in [0.717, 1.165) is 60.2 Å². The first-order valence-electron chi connectivity index (χ1n) is 14.1. The quantitative estimate of drug-likeness (QED) is 0.542. The Morgan fingerprint density at radius 3 is 2.17 bits per heavy atom. The minimum atomic E-state index is -0.00769. The van der Waals surface area contributed by atoms with Crippen molar-refractivity contribution in [3.05, 3.63) is 0 Å². The van der Waals surface area contributed by atoms with Crippen LogP contribution in [0.15, 0.2) is 0 Å². The smallest absolute Gasteiger partial charge is 0.0638 e. The Morgan fingerprint density at radius 1 is 0.567 bits per heavy atom. The molecule has 11 unspecified atom stereocenters. The summed E-state index contributed by atoms with van der Waals surface area (Å²) in [4.78, 5) is 0. The molecule has 0 aromatic heterocycles. The lowest BCUT2D eigenvalue weighted by Crippen LogP contribution is -2.56. The first-order chi connectivity index (χ1) is 14.8. The van der Waals surface area contributed by atoms with Crippen LogP contribution < -0.4 is 0 Å². The highest BCUT2D eigenvalue weighted by molar-refractivity contribution is 5.02. The van der Waals surface area contributed by atoms with Gasteiger partial charge in [0.2, 0.25) is 0 Å². The molecule has 6 aliphatic rings. The van der Waals surface area contributed by atoms with Crippen LogP contribution in [0, 0.1) is 47.3 Å². The molecule has 11 atom stereocenters. The highest BCUT2D eigenvalue weighted by Gasteiger charge is 2.53. The Balaban J connectivity index is 1.19. The first kappa shape index (κ1) is 20.5. The van der Waals surface area contributed by atoms with Gasteiger partial charge in [0.15, 0.2) is 0 Å². The van der Waals surface area contributed by atoms with Crippen LogP contribution in [0.5, 0.6) is 0 Å². The zero-order valence-electron chi connectivity index (χ0n) is 19.2. The van der Waals surface area contributed by atoms with E-state index in [-0.39, 0.29) is 6.10 Å². The summed E-state index contributed by atoms with van der Waals surface area (Å²) < 4.78 is 7.25. The second-order valence-electron chi connectivity index (χ2n) is 12.6. The first-order valence-corrected chi connectivity index (χ1v) is 14.1. The average molecular weight is 415 g/mol. The molecule has 1 saturated heterocycles. The van der Waals surface area contributed by atoms with Crippen molar-refractivity contribution in [2.45, 2.75) is 127 Å². The van der Waals surface area contributed by atoms with Crippen LogP contribution in [-0.2, 0) is 4.74 Å². The SMILES string of the molecule is OC1CCCC(CC2CC3CC4CCC5CCCCC5C4OC3C3CCCCC23)C1. The molecule has 6 rings (SSSR count). The Hall–Kier alpha value is -0.0800. The summed E-state index contributed by atoms with van der Waals surface area (Å²) in [6, 6.07) is 0. The third kappa shape index (κ3) is 3.81. The maximum atomic E-state index is 10.2. The molecule has 5 saturated carbocycles. The molecule has 0 radical (unpaired) electrons. The van der Waals surface area contributed by atoms with Crippen LogP contribution in [0.1, 0.15) is 109 Å². The predicted octanol–water partition coefficient (Wildman–Crippen LogP) is 6.74. The van der Waals surface area contributed by atoms with Gasteiger partial charge in [-0.15, -0.1) is 0 Å². The van der Waals surface area contributed by atoms with Gasteiger partial charge in [0.05, 0.1) is 18.3 Å².